The molecular weight excluding hydrogens is 308 g/mol. The molecule has 2 rings (SSSR count). The number of anilines is 1. The summed E-state index contributed by atoms with van der Waals surface area (Å²) in [6.07, 6.45) is 1.53. The minimum atomic E-state index is -1.03. The first-order valence-corrected chi connectivity index (χ1v) is 8.27. The largest absolute Gasteiger partial charge is 0.480 e. The Balaban J connectivity index is 1.87. The van der Waals surface area contributed by atoms with E-state index in [1.807, 2.05) is 38.1 Å². The molecule has 2 amide bonds. The van der Waals surface area contributed by atoms with E-state index in [2.05, 4.69) is 10.6 Å². The second kappa shape index (κ2) is 7.95. The fourth-order valence-electron chi connectivity index (χ4n) is 2.91. The van der Waals surface area contributed by atoms with Gasteiger partial charge in [-0.25, -0.2) is 4.79 Å². The molecule has 24 heavy (non-hydrogen) atoms. The van der Waals surface area contributed by atoms with Gasteiger partial charge in [0.15, 0.2) is 0 Å². The standard InChI is InChI=1S/C18H24N2O4/c1-11(2)9-15(18(23)24)19-16(21)8-7-13-10-12-5-3-4-6-14(12)20-17(13)22/h3-6,11,13,15H,7-10H2,1-2H3,(H,19,21)(H,20,22)(H,23,24). The van der Waals surface area contributed by atoms with Crippen molar-refractivity contribution in [2.24, 2.45) is 11.8 Å². The van der Waals surface area contributed by atoms with Crippen LogP contribution >= 0.6 is 0 Å². The van der Waals surface area contributed by atoms with E-state index in [4.69, 9.17) is 5.11 Å². The first-order chi connectivity index (χ1) is 11.4. The van der Waals surface area contributed by atoms with E-state index >= 15 is 0 Å². The molecule has 0 radical (unpaired) electrons. The Morgan fingerprint density at radius 1 is 1.33 bits per heavy atom. The van der Waals surface area contributed by atoms with Crippen LogP contribution in [0, 0.1) is 11.8 Å². The van der Waals surface area contributed by atoms with Crippen molar-refractivity contribution >= 4 is 23.5 Å². The fourth-order valence-corrected chi connectivity index (χ4v) is 2.91. The third-order valence-corrected chi connectivity index (χ3v) is 4.17. The molecule has 0 fully saturated rings. The maximum Gasteiger partial charge on any atom is 0.326 e. The van der Waals surface area contributed by atoms with Crippen molar-refractivity contribution in [3.63, 3.8) is 0 Å². The molecule has 0 bridgehead atoms. The maximum atomic E-state index is 12.1. The summed E-state index contributed by atoms with van der Waals surface area (Å²) in [7, 11) is 0. The van der Waals surface area contributed by atoms with E-state index < -0.39 is 12.0 Å². The Morgan fingerprint density at radius 2 is 2.04 bits per heavy atom. The summed E-state index contributed by atoms with van der Waals surface area (Å²) in [6.45, 7) is 3.82. The summed E-state index contributed by atoms with van der Waals surface area (Å²) < 4.78 is 0. The van der Waals surface area contributed by atoms with E-state index in [1.165, 1.54) is 0 Å². The van der Waals surface area contributed by atoms with Crippen molar-refractivity contribution < 1.29 is 19.5 Å². The fraction of sp³-hybridized carbons (Fsp3) is 0.500. The quantitative estimate of drug-likeness (QED) is 0.713. The minimum Gasteiger partial charge on any atom is -0.480 e. The van der Waals surface area contributed by atoms with Gasteiger partial charge in [-0.2, -0.15) is 0 Å². The van der Waals surface area contributed by atoms with E-state index in [9.17, 15) is 14.4 Å². The average Bonchev–Trinajstić information content (AvgIpc) is 2.51. The highest BCUT2D eigenvalue weighted by atomic mass is 16.4. The van der Waals surface area contributed by atoms with Gasteiger partial charge in [-0.1, -0.05) is 32.0 Å². The number of rotatable bonds is 7. The molecule has 0 aliphatic carbocycles. The van der Waals surface area contributed by atoms with E-state index in [1.54, 1.807) is 0 Å². The van der Waals surface area contributed by atoms with Gasteiger partial charge in [0.1, 0.15) is 6.04 Å². The van der Waals surface area contributed by atoms with Crippen molar-refractivity contribution in [1.82, 2.24) is 5.32 Å². The Hall–Kier alpha value is -2.37. The summed E-state index contributed by atoms with van der Waals surface area (Å²) in [6, 6.07) is 6.74. The summed E-state index contributed by atoms with van der Waals surface area (Å²) in [5.74, 6) is -1.53. The van der Waals surface area contributed by atoms with Crippen LogP contribution in [0.15, 0.2) is 24.3 Å². The molecule has 130 valence electrons. The highest BCUT2D eigenvalue weighted by Crippen LogP contribution is 2.27. The third-order valence-electron chi connectivity index (χ3n) is 4.17. The number of hydrogen-bond donors (Lipinski definition) is 3. The van der Waals surface area contributed by atoms with Gasteiger partial charge in [-0.15, -0.1) is 0 Å². The Labute approximate surface area is 141 Å². The van der Waals surface area contributed by atoms with Gasteiger partial charge in [0, 0.05) is 18.0 Å². The second-order valence-corrected chi connectivity index (χ2v) is 6.67. The number of carbonyl (C=O) groups excluding carboxylic acids is 2. The van der Waals surface area contributed by atoms with Crippen molar-refractivity contribution in [2.45, 2.75) is 45.6 Å². The number of hydrogen-bond acceptors (Lipinski definition) is 3. The molecule has 0 spiro atoms. The molecule has 1 aromatic carbocycles. The highest BCUT2D eigenvalue weighted by Gasteiger charge is 2.27. The minimum absolute atomic E-state index is 0.0848. The number of carboxylic acids is 1. The van der Waals surface area contributed by atoms with Crippen molar-refractivity contribution in [2.75, 3.05) is 5.32 Å². The van der Waals surface area contributed by atoms with Gasteiger partial charge >= 0.3 is 5.97 Å². The molecule has 1 aromatic rings. The molecule has 0 aromatic heterocycles. The van der Waals surface area contributed by atoms with Crippen molar-refractivity contribution in [1.29, 1.82) is 0 Å². The lowest BCUT2D eigenvalue weighted by atomic mass is 9.89. The zero-order valence-electron chi connectivity index (χ0n) is 14.0. The van der Waals surface area contributed by atoms with Crippen LogP contribution in [0.25, 0.3) is 0 Å². The molecule has 0 saturated carbocycles. The highest BCUT2D eigenvalue weighted by molar-refractivity contribution is 5.96. The van der Waals surface area contributed by atoms with Crippen molar-refractivity contribution in [3.8, 4) is 0 Å². The summed E-state index contributed by atoms with van der Waals surface area (Å²) in [4.78, 5) is 35.3. The van der Waals surface area contributed by atoms with Crippen LogP contribution in [-0.4, -0.2) is 28.9 Å². The summed E-state index contributed by atoms with van der Waals surface area (Å²) in [5, 5.41) is 14.6. The topological polar surface area (TPSA) is 95.5 Å². The molecular formula is C18H24N2O4. The molecule has 1 aliphatic rings. The predicted molar refractivity (Wildman–Crippen MR) is 90.5 cm³/mol. The van der Waals surface area contributed by atoms with Gasteiger partial charge in [-0.05, 0) is 36.8 Å². The molecule has 6 nitrogen and oxygen atoms in total. The number of benzene rings is 1. The lowest BCUT2D eigenvalue weighted by Crippen LogP contribution is -2.42. The Bertz CT molecular complexity index is 627. The first kappa shape index (κ1) is 18.0. The first-order valence-electron chi connectivity index (χ1n) is 8.27. The van der Waals surface area contributed by atoms with Crippen LogP contribution in [0.1, 0.15) is 38.7 Å². The number of aliphatic carboxylic acids is 1. The lowest BCUT2D eigenvalue weighted by molar-refractivity contribution is -0.142. The van der Waals surface area contributed by atoms with Crippen LogP contribution < -0.4 is 10.6 Å². The Kier molecular flexibility index (Phi) is 5.95. The van der Waals surface area contributed by atoms with E-state index in [0.717, 1.165) is 11.3 Å². The molecule has 1 aliphatic heterocycles. The van der Waals surface area contributed by atoms with Gasteiger partial charge in [0.2, 0.25) is 11.8 Å². The van der Waals surface area contributed by atoms with Gasteiger partial charge in [0.05, 0.1) is 0 Å². The monoisotopic (exact) mass is 332 g/mol. The smallest absolute Gasteiger partial charge is 0.326 e. The number of amides is 2. The lowest BCUT2D eigenvalue weighted by Gasteiger charge is -2.24. The molecule has 0 saturated heterocycles. The molecule has 6 heteroatoms. The average molecular weight is 332 g/mol. The normalized spacial score (nSPS) is 17.8. The molecule has 2 atom stereocenters. The van der Waals surface area contributed by atoms with E-state index in [-0.39, 0.29) is 30.1 Å². The number of carbonyl (C=O) groups is 3. The zero-order valence-corrected chi connectivity index (χ0v) is 14.0. The van der Waals surface area contributed by atoms with Gasteiger partial charge in [0.25, 0.3) is 0 Å². The van der Waals surface area contributed by atoms with Crippen molar-refractivity contribution in [3.05, 3.63) is 29.8 Å². The molecule has 1 heterocycles. The SMILES string of the molecule is CC(C)CC(NC(=O)CCC1Cc2ccccc2NC1=O)C(=O)O. The van der Waals surface area contributed by atoms with Crippen LogP contribution in [0.2, 0.25) is 0 Å². The van der Waals surface area contributed by atoms with Crippen LogP contribution in [0.4, 0.5) is 5.69 Å². The van der Waals surface area contributed by atoms with E-state index in [0.29, 0.717) is 19.3 Å². The summed E-state index contributed by atoms with van der Waals surface area (Å²) >= 11 is 0. The zero-order chi connectivity index (χ0) is 17.7. The predicted octanol–water partition coefficient (Wildman–Crippen LogP) is 2.19. The second-order valence-electron chi connectivity index (χ2n) is 6.67. The number of fused-ring (bicyclic) bond motifs is 1. The van der Waals surface area contributed by atoms with Crippen LogP contribution in [0.3, 0.4) is 0 Å². The number of para-hydroxylation sites is 1. The van der Waals surface area contributed by atoms with Crippen LogP contribution in [0.5, 0.6) is 0 Å². The Morgan fingerprint density at radius 3 is 2.71 bits per heavy atom. The van der Waals surface area contributed by atoms with Gasteiger partial charge < -0.3 is 15.7 Å². The van der Waals surface area contributed by atoms with Crippen LogP contribution in [-0.2, 0) is 20.8 Å². The maximum absolute atomic E-state index is 12.1. The molecule has 2 unspecified atom stereocenters. The number of carboxylic acid groups (broad SMARTS) is 1. The third kappa shape index (κ3) is 4.81. The summed E-state index contributed by atoms with van der Waals surface area (Å²) in [5.41, 5.74) is 1.89. The molecule has 3 N–H and O–H groups in total. The number of nitrogens with one attached hydrogen (secondary N) is 2. The van der Waals surface area contributed by atoms with Gasteiger partial charge in [-0.3, -0.25) is 9.59 Å².